The fourth-order valence-electron chi connectivity index (χ4n) is 3.23. The van der Waals surface area contributed by atoms with Gasteiger partial charge in [-0.3, -0.25) is 4.79 Å². The number of rotatable bonds is 5. The van der Waals surface area contributed by atoms with Crippen LogP contribution in [0.15, 0.2) is 53.1 Å². The monoisotopic (exact) mass is 548 g/mol. The van der Waals surface area contributed by atoms with E-state index in [1.807, 2.05) is 42.6 Å². The van der Waals surface area contributed by atoms with Gasteiger partial charge in [0.15, 0.2) is 0 Å². The summed E-state index contributed by atoms with van der Waals surface area (Å²) in [6.07, 6.45) is 2.68. The summed E-state index contributed by atoms with van der Waals surface area (Å²) in [5.74, 6) is -0.106. The predicted octanol–water partition coefficient (Wildman–Crippen LogP) is 4.83. The van der Waals surface area contributed by atoms with Crippen molar-refractivity contribution in [1.82, 2.24) is 15.3 Å². The zero-order chi connectivity index (χ0) is 19.7. The van der Waals surface area contributed by atoms with E-state index in [-0.39, 0.29) is 5.91 Å². The van der Waals surface area contributed by atoms with E-state index >= 15 is 0 Å². The molecule has 2 aromatic heterocycles. The highest BCUT2D eigenvalue weighted by Crippen LogP contribution is 2.32. The molecule has 0 radical (unpaired) electrons. The highest BCUT2D eigenvalue weighted by Gasteiger charge is 2.16. The lowest BCUT2D eigenvalue weighted by atomic mass is 10.0. The third kappa shape index (κ3) is 3.78. The van der Waals surface area contributed by atoms with E-state index in [1.165, 1.54) is 0 Å². The molecule has 1 amide bonds. The molecule has 28 heavy (non-hydrogen) atoms. The van der Waals surface area contributed by atoms with Crippen molar-refractivity contribution in [3.05, 3.63) is 62.3 Å². The molecule has 2 aromatic carbocycles. The number of nitrogens with two attached hydrogens (primary N) is 1. The van der Waals surface area contributed by atoms with E-state index in [0.717, 1.165) is 47.5 Å². The largest absolute Gasteiger partial charge is 0.360 e. The SMILES string of the molecule is NCCCNC(=O)c1cc(-c2c[nH]c3ccc(Br)cc23)nc2ccc(I)cc12. The summed E-state index contributed by atoms with van der Waals surface area (Å²) in [6, 6.07) is 13.9. The summed E-state index contributed by atoms with van der Waals surface area (Å²) >= 11 is 5.79. The van der Waals surface area contributed by atoms with E-state index in [9.17, 15) is 4.79 Å². The zero-order valence-corrected chi connectivity index (χ0v) is 18.7. The summed E-state index contributed by atoms with van der Waals surface area (Å²) in [5, 5.41) is 4.87. The second kappa shape index (κ2) is 8.18. The first-order chi connectivity index (χ1) is 13.6. The third-order valence-electron chi connectivity index (χ3n) is 4.60. The highest BCUT2D eigenvalue weighted by atomic mass is 127. The lowest BCUT2D eigenvalue weighted by Gasteiger charge is -2.11. The van der Waals surface area contributed by atoms with Crippen LogP contribution in [0, 0.1) is 3.57 Å². The van der Waals surface area contributed by atoms with Crippen LogP contribution in [0.5, 0.6) is 0 Å². The Morgan fingerprint density at radius 1 is 1.18 bits per heavy atom. The van der Waals surface area contributed by atoms with Gasteiger partial charge in [-0.15, -0.1) is 0 Å². The summed E-state index contributed by atoms with van der Waals surface area (Å²) in [6.45, 7) is 1.10. The second-order valence-electron chi connectivity index (χ2n) is 6.51. The Morgan fingerprint density at radius 3 is 2.86 bits per heavy atom. The lowest BCUT2D eigenvalue weighted by Crippen LogP contribution is -2.26. The van der Waals surface area contributed by atoms with Gasteiger partial charge in [-0.2, -0.15) is 0 Å². The minimum absolute atomic E-state index is 0.106. The highest BCUT2D eigenvalue weighted by molar-refractivity contribution is 14.1. The standard InChI is InChI=1S/C21H18BrIN4O/c22-12-2-4-18-14(8-12)17(11-26-18)20-10-16(21(28)25-7-1-6-24)15-9-13(23)3-5-19(15)27-20/h2-5,8-11,26H,1,6-7,24H2,(H,25,28). The fraction of sp³-hybridized carbons (Fsp3) is 0.143. The van der Waals surface area contributed by atoms with Crippen LogP contribution >= 0.6 is 38.5 Å². The van der Waals surface area contributed by atoms with Gasteiger partial charge in [0, 0.05) is 42.6 Å². The molecule has 142 valence electrons. The number of hydrogen-bond donors (Lipinski definition) is 3. The quantitative estimate of drug-likeness (QED) is 0.247. The lowest BCUT2D eigenvalue weighted by molar-refractivity contribution is 0.0955. The molecular weight excluding hydrogens is 531 g/mol. The molecule has 4 aromatic rings. The first-order valence-corrected chi connectivity index (χ1v) is 10.8. The number of benzene rings is 2. The molecule has 0 aliphatic heterocycles. The topological polar surface area (TPSA) is 83.8 Å². The van der Waals surface area contributed by atoms with Crippen LogP contribution in [0.2, 0.25) is 0 Å². The van der Waals surface area contributed by atoms with Gasteiger partial charge in [0.05, 0.1) is 16.8 Å². The molecule has 0 atom stereocenters. The van der Waals surface area contributed by atoms with E-state index < -0.39 is 0 Å². The van der Waals surface area contributed by atoms with Gasteiger partial charge in [-0.1, -0.05) is 15.9 Å². The first-order valence-electron chi connectivity index (χ1n) is 8.92. The van der Waals surface area contributed by atoms with Crippen molar-refractivity contribution in [3.63, 3.8) is 0 Å². The number of carbonyl (C=O) groups excluding carboxylic acids is 1. The maximum absolute atomic E-state index is 12.9. The van der Waals surface area contributed by atoms with Gasteiger partial charge >= 0.3 is 0 Å². The Kier molecular flexibility index (Phi) is 5.65. The van der Waals surface area contributed by atoms with Crippen LogP contribution in [-0.2, 0) is 0 Å². The van der Waals surface area contributed by atoms with Crippen LogP contribution < -0.4 is 11.1 Å². The summed E-state index contributed by atoms with van der Waals surface area (Å²) in [5.41, 5.74) is 9.73. The molecule has 0 fully saturated rings. The number of nitrogens with one attached hydrogen (secondary N) is 2. The molecule has 0 spiro atoms. The minimum Gasteiger partial charge on any atom is -0.360 e. The molecule has 4 N–H and O–H groups in total. The molecule has 0 saturated carbocycles. The van der Waals surface area contributed by atoms with Crippen molar-refractivity contribution in [3.8, 4) is 11.3 Å². The second-order valence-corrected chi connectivity index (χ2v) is 8.67. The third-order valence-corrected chi connectivity index (χ3v) is 5.77. The number of H-pyrrole nitrogens is 1. The van der Waals surface area contributed by atoms with Crippen LogP contribution in [-0.4, -0.2) is 29.0 Å². The van der Waals surface area contributed by atoms with Crippen molar-refractivity contribution in [2.45, 2.75) is 6.42 Å². The van der Waals surface area contributed by atoms with Crippen molar-refractivity contribution < 1.29 is 4.79 Å². The summed E-state index contributed by atoms with van der Waals surface area (Å²) in [7, 11) is 0. The Bertz CT molecular complexity index is 1190. The van der Waals surface area contributed by atoms with Gasteiger partial charge in [0.25, 0.3) is 5.91 Å². The predicted molar refractivity (Wildman–Crippen MR) is 125 cm³/mol. The molecule has 0 aliphatic carbocycles. The summed E-state index contributed by atoms with van der Waals surface area (Å²) in [4.78, 5) is 21.0. The van der Waals surface area contributed by atoms with E-state index in [2.05, 4.69) is 54.9 Å². The molecule has 0 saturated heterocycles. The average Bonchev–Trinajstić information content (AvgIpc) is 3.10. The van der Waals surface area contributed by atoms with E-state index in [4.69, 9.17) is 10.7 Å². The molecule has 0 aliphatic rings. The molecule has 2 heterocycles. The van der Waals surface area contributed by atoms with Gasteiger partial charge < -0.3 is 16.0 Å². The van der Waals surface area contributed by atoms with Crippen LogP contribution in [0.1, 0.15) is 16.8 Å². The summed E-state index contributed by atoms with van der Waals surface area (Å²) < 4.78 is 2.06. The zero-order valence-electron chi connectivity index (χ0n) is 14.9. The van der Waals surface area contributed by atoms with Crippen LogP contribution in [0.4, 0.5) is 0 Å². The molecular formula is C21H18BrIN4O. The van der Waals surface area contributed by atoms with Gasteiger partial charge in [-0.05, 0) is 78.0 Å². The Morgan fingerprint density at radius 2 is 2.04 bits per heavy atom. The number of pyridine rings is 1. The van der Waals surface area contributed by atoms with Crippen LogP contribution in [0.3, 0.4) is 0 Å². The van der Waals surface area contributed by atoms with Crippen molar-refractivity contribution in [2.24, 2.45) is 5.73 Å². The number of aromatic nitrogens is 2. The average molecular weight is 549 g/mol. The number of nitrogens with zero attached hydrogens (tertiary/aromatic N) is 1. The number of aromatic amines is 1. The first kappa shape index (κ1) is 19.4. The molecule has 7 heteroatoms. The smallest absolute Gasteiger partial charge is 0.252 e. The molecule has 0 bridgehead atoms. The maximum atomic E-state index is 12.9. The molecule has 4 rings (SSSR count). The fourth-order valence-corrected chi connectivity index (χ4v) is 4.08. The number of hydrogen-bond acceptors (Lipinski definition) is 3. The van der Waals surface area contributed by atoms with Gasteiger partial charge in [0.2, 0.25) is 0 Å². The normalized spacial score (nSPS) is 11.2. The van der Waals surface area contributed by atoms with Gasteiger partial charge in [-0.25, -0.2) is 4.98 Å². The Labute approximate surface area is 184 Å². The number of halogens is 2. The van der Waals surface area contributed by atoms with E-state index in [0.29, 0.717) is 18.7 Å². The number of amides is 1. The Balaban J connectivity index is 1.88. The Hall–Kier alpha value is -1.97. The van der Waals surface area contributed by atoms with Gasteiger partial charge in [0.1, 0.15) is 0 Å². The minimum atomic E-state index is -0.106. The number of fused-ring (bicyclic) bond motifs is 2. The number of carbonyl (C=O) groups is 1. The van der Waals surface area contributed by atoms with Crippen molar-refractivity contribution in [2.75, 3.05) is 13.1 Å². The molecule has 5 nitrogen and oxygen atoms in total. The van der Waals surface area contributed by atoms with E-state index in [1.54, 1.807) is 0 Å². The van der Waals surface area contributed by atoms with Crippen molar-refractivity contribution >= 4 is 66.2 Å². The maximum Gasteiger partial charge on any atom is 0.252 e. The van der Waals surface area contributed by atoms with Crippen LogP contribution in [0.25, 0.3) is 33.1 Å². The van der Waals surface area contributed by atoms with Crippen molar-refractivity contribution in [1.29, 1.82) is 0 Å². The molecule has 0 unspecified atom stereocenters.